The summed E-state index contributed by atoms with van der Waals surface area (Å²) in [4.78, 5) is 19.6. The Hall–Kier alpha value is -2.57. The van der Waals surface area contributed by atoms with E-state index in [2.05, 4.69) is 22.2 Å². The molecule has 1 saturated heterocycles. The van der Waals surface area contributed by atoms with Crippen molar-refractivity contribution < 1.29 is 9.53 Å². The summed E-state index contributed by atoms with van der Waals surface area (Å²) in [7, 11) is 4.22. The number of anilines is 1. The van der Waals surface area contributed by atoms with E-state index in [0.717, 1.165) is 56.2 Å². The molecule has 0 aromatic heterocycles. The van der Waals surface area contributed by atoms with Gasteiger partial charge in [0.2, 0.25) is 0 Å². The minimum absolute atomic E-state index is 0.142. The molecule has 166 valence electrons. The molecule has 2 aromatic carbocycles. The maximum absolute atomic E-state index is 13.1. The lowest BCUT2D eigenvalue weighted by molar-refractivity contribution is 0.133. The zero-order valence-electron chi connectivity index (χ0n) is 18.7. The van der Waals surface area contributed by atoms with Gasteiger partial charge in [-0.05, 0) is 76.2 Å². The Morgan fingerprint density at radius 1 is 0.968 bits per heavy atom. The maximum Gasteiger partial charge on any atom is 0.324 e. The van der Waals surface area contributed by atoms with E-state index < -0.39 is 0 Å². The summed E-state index contributed by atoms with van der Waals surface area (Å²) >= 11 is 0. The second-order valence-electron chi connectivity index (χ2n) is 8.58. The molecule has 0 atom stereocenters. The maximum atomic E-state index is 13.1. The number of benzene rings is 2. The largest absolute Gasteiger partial charge is 0.457 e. The van der Waals surface area contributed by atoms with Crippen LogP contribution in [0, 0.1) is 0 Å². The summed E-state index contributed by atoms with van der Waals surface area (Å²) in [6, 6.07) is 18.7. The molecule has 2 amide bonds. The van der Waals surface area contributed by atoms with Gasteiger partial charge in [-0.3, -0.25) is 4.90 Å². The van der Waals surface area contributed by atoms with Gasteiger partial charge in [-0.15, -0.1) is 0 Å². The van der Waals surface area contributed by atoms with E-state index in [0.29, 0.717) is 12.1 Å². The highest BCUT2D eigenvalue weighted by molar-refractivity contribution is 5.94. The number of nitrogens with zero attached hydrogens (tertiary/aromatic N) is 3. The van der Waals surface area contributed by atoms with Crippen molar-refractivity contribution in [3.05, 3.63) is 54.6 Å². The van der Waals surface area contributed by atoms with Crippen molar-refractivity contribution >= 4 is 11.7 Å². The first-order valence-corrected chi connectivity index (χ1v) is 11.4. The van der Waals surface area contributed by atoms with Crippen molar-refractivity contribution in [1.29, 1.82) is 0 Å². The Kier molecular flexibility index (Phi) is 7.10. The van der Waals surface area contributed by atoms with Crippen LogP contribution in [-0.4, -0.2) is 68.2 Å². The lowest BCUT2D eigenvalue weighted by atomic mass is 9.89. The van der Waals surface area contributed by atoms with Crippen LogP contribution in [0.2, 0.25) is 0 Å². The molecule has 1 aliphatic heterocycles. The van der Waals surface area contributed by atoms with Crippen molar-refractivity contribution in [2.75, 3.05) is 45.2 Å². The van der Waals surface area contributed by atoms with E-state index in [1.165, 1.54) is 12.8 Å². The molecular formula is C25H34N4O2. The summed E-state index contributed by atoms with van der Waals surface area (Å²) in [6.45, 7) is 3.66. The van der Waals surface area contributed by atoms with E-state index in [9.17, 15) is 4.79 Å². The lowest BCUT2D eigenvalue weighted by Gasteiger charge is -2.38. The molecule has 31 heavy (non-hydrogen) atoms. The molecule has 2 aliphatic rings. The molecule has 0 unspecified atom stereocenters. The SMILES string of the molecule is CNCCN(C)C1CCC(N2CCN(c3ccc(Oc4ccccc4)cc3)C2=O)CC1. The summed E-state index contributed by atoms with van der Waals surface area (Å²) in [5.41, 5.74) is 0.938. The van der Waals surface area contributed by atoms with Crippen LogP contribution in [-0.2, 0) is 0 Å². The quantitative estimate of drug-likeness (QED) is 0.693. The first-order valence-electron chi connectivity index (χ1n) is 11.4. The third kappa shape index (κ3) is 5.20. The molecule has 1 N–H and O–H groups in total. The van der Waals surface area contributed by atoms with Crippen LogP contribution in [0.5, 0.6) is 11.5 Å². The predicted octanol–water partition coefficient (Wildman–Crippen LogP) is 4.18. The van der Waals surface area contributed by atoms with Gasteiger partial charge >= 0.3 is 6.03 Å². The Morgan fingerprint density at radius 3 is 2.32 bits per heavy atom. The molecule has 1 heterocycles. The van der Waals surface area contributed by atoms with Gasteiger partial charge in [-0.25, -0.2) is 4.79 Å². The highest BCUT2D eigenvalue weighted by Gasteiger charge is 2.36. The van der Waals surface area contributed by atoms with Gasteiger partial charge in [-0.2, -0.15) is 0 Å². The van der Waals surface area contributed by atoms with Crippen LogP contribution >= 0.6 is 0 Å². The van der Waals surface area contributed by atoms with Crippen LogP contribution in [0.25, 0.3) is 0 Å². The first kappa shape index (κ1) is 21.7. The third-order valence-electron chi connectivity index (χ3n) is 6.61. The van der Waals surface area contributed by atoms with Crippen molar-refractivity contribution in [2.24, 2.45) is 0 Å². The van der Waals surface area contributed by atoms with Gasteiger partial charge in [0.1, 0.15) is 11.5 Å². The Bertz CT molecular complexity index is 834. The van der Waals surface area contributed by atoms with E-state index in [4.69, 9.17) is 4.74 Å². The molecule has 1 saturated carbocycles. The fourth-order valence-electron chi connectivity index (χ4n) is 4.73. The Labute approximate surface area is 185 Å². The number of carbonyl (C=O) groups excluding carboxylic acids is 1. The molecule has 2 aromatic rings. The van der Waals surface area contributed by atoms with Gasteiger partial charge < -0.3 is 19.9 Å². The molecule has 0 bridgehead atoms. The number of rotatable bonds is 8. The number of carbonyl (C=O) groups is 1. The van der Waals surface area contributed by atoms with Gasteiger partial charge in [0.05, 0.1) is 0 Å². The minimum atomic E-state index is 0.142. The second-order valence-corrected chi connectivity index (χ2v) is 8.58. The molecule has 2 fully saturated rings. The second kappa shape index (κ2) is 10.2. The summed E-state index contributed by atoms with van der Waals surface area (Å²) < 4.78 is 5.87. The molecule has 0 spiro atoms. The molecule has 1 aliphatic carbocycles. The summed E-state index contributed by atoms with van der Waals surface area (Å²) in [5, 5.41) is 3.22. The third-order valence-corrected chi connectivity index (χ3v) is 6.61. The molecule has 4 rings (SSSR count). The number of likely N-dealkylation sites (N-methyl/N-ethyl adjacent to an activating group) is 2. The van der Waals surface area contributed by atoms with Crippen LogP contribution in [0.1, 0.15) is 25.7 Å². The van der Waals surface area contributed by atoms with E-state index in [1.807, 2.05) is 66.5 Å². The number of ether oxygens (including phenoxy) is 1. The minimum Gasteiger partial charge on any atom is -0.457 e. The number of hydrogen-bond donors (Lipinski definition) is 1. The molecule has 6 heteroatoms. The highest BCUT2D eigenvalue weighted by Crippen LogP contribution is 2.31. The zero-order valence-corrected chi connectivity index (χ0v) is 18.7. The topological polar surface area (TPSA) is 48.0 Å². The highest BCUT2D eigenvalue weighted by atomic mass is 16.5. The number of nitrogens with one attached hydrogen (secondary N) is 1. The van der Waals surface area contributed by atoms with Crippen LogP contribution in [0.4, 0.5) is 10.5 Å². The van der Waals surface area contributed by atoms with Gasteiger partial charge in [-0.1, -0.05) is 18.2 Å². The fourth-order valence-corrected chi connectivity index (χ4v) is 4.73. The number of para-hydroxylation sites is 1. The average molecular weight is 423 g/mol. The van der Waals surface area contributed by atoms with Crippen molar-refractivity contribution in [3.63, 3.8) is 0 Å². The number of amides is 2. The first-order chi connectivity index (χ1) is 15.2. The van der Waals surface area contributed by atoms with Crippen LogP contribution in [0.15, 0.2) is 54.6 Å². The van der Waals surface area contributed by atoms with Gasteiger partial charge in [0.15, 0.2) is 0 Å². The molecule has 6 nitrogen and oxygen atoms in total. The predicted molar refractivity (Wildman–Crippen MR) is 125 cm³/mol. The standard InChI is InChI=1S/C25H34N4O2/c1-26-16-17-27(2)20-8-10-21(11-9-20)28-18-19-29(25(28)30)22-12-14-24(15-13-22)31-23-6-4-3-5-7-23/h3-7,12-15,20-21,26H,8-11,16-19H2,1-2H3. The van der Waals surface area contributed by atoms with E-state index >= 15 is 0 Å². The van der Waals surface area contributed by atoms with Gasteiger partial charge in [0, 0.05) is 44.0 Å². The monoisotopic (exact) mass is 422 g/mol. The van der Waals surface area contributed by atoms with Gasteiger partial charge in [0.25, 0.3) is 0 Å². The van der Waals surface area contributed by atoms with Crippen molar-refractivity contribution in [3.8, 4) is 11.5 Å². The molecular weight excluding hydrogens is 388 g/mol. The van der Waals surface area contributed by atoms with Crippen LogP contribution < -0.4 is 15.0 Å². The average Bonchev–Trinajstić information content (AvgIpc) is 3.20. The number of hydrogen-bond acceptors (Lipinski definition) is 4. The van der Waals surface area contributed by atoms with E-state index in [-0.39, 0.29) is 6.03 Å². The van der Waals surface area contributed by atoms with Crippen molar-refractivity contribution in [2.45, 2.75) is 37.8 Å². The van der Waals surface area contributed by atoms with E-state index in [1.54, 1.807) is 0 Å². The Balaban J connectivity index is 1.31. The van der Waals surface area contributed by atoms with Crippen molar-refractivity contribution in [1.82, 2.24) is 15.1 Å². The lowest BCUT2D eigenvalue weighted by Crippen LogP contribution is -2.45. The summed E-state index contributed by atoms with van der Waals surface area (Å²) in [6.07, 6.45) is 4.52. The van der Waals surface area contributed by atoms with Crippen LogP contribution in [0.3, 0.4) is 0 Å². The fraction of sp³-hybridized carbons (Fsp3) is 0.480. The smallest absolute Gasteiger partial charge is 0.324 e. The Morgan fingerprint density at radius 2 is 1.65 bits per heavy atom. The number of urea groups is 1. The zero-order chi connectivity index (χ0) is 21.6. The normalized spacial score (nSPS) is 21.7. The summed E-state index contributed by atoms with van der Waals surface area (Å²) in [5.74, 6) is 1.59. The molecule has 0 radical (unpaired) electrons.